The van der Waals surface area contributed by atoms with Crippen molar-refractivity contribution in [3.05, 3.63) is 0 Å². The summed E-state index contributed by atoms with van der Waals surface area (Å²) in [5.74, 6) is 10.8. The number of rotatable bonds is 11. The van der Waals surface area contributed by atoms with E-state index in [4.69, 9.17) is 11.7 Å². The van der Waals surface area contributed by atoms with E-state index in [1.54, 1.807) is 0 Å². The third-order valence-electron chi connectivity index (χ3n) is 3.06. The molecule has 108 valence electrons. The van der Waals surface area contributed by atoms with Crippen LogP contribution in [0.5, 0.6) is 0 Å². The minimum Gasteiger partial charge on any atom is -0.293 e. The topological polar surface area (TPSA) is 88.5 Å². The highest BCUT2D eigenvalue weighted by molar-refractivity contribution is 5.78. The first-order valence-corrected chi connectivity index (χ1v) is 7.32. The van der Waals surface area contributed by atoms with Crippen molar-refractivity contribution >= 4 is 5.96 Å². The summed E-state index contributed by atoms with van der Waals surface area (Å²) < 4.78 is 0. The fourth-order valence-corrected chi connectivity index (χ4v) is 1.92. The molecule has 0 saturated carbocycles. The largest absolute Gasteiger partial charge is 0.293 e. The molecule has 0 radical (unpaired) electrons. The molecule has 0 saturated heterocycles. The number of hydrazine groups is 2. The third-order valence-corrected chi connectivity index (χ3v) is 3.06. The Bertz CT molecular complexity index is 188. The van der Waals surface area contributed by atoms with Crippen molar-refractivity contribution in [2.24, 2.45) is 16.7 Å². The highest BCUT2D eigenvalue weighted by Gasteiger charge is 1.93. The fraction of sp³-hybridized carbons (Fsp3) is 0.923. The Kier molecular flexibility index (Phi) is 13.6. The molecule has 0 unspecified atom stereocenters. The van der Waals surface area contributed by atoms with Crippen LogP contribution in [-0.4, -0.2) is 12.5 Å². The monoisotopic (exact) mass is 257 g/mol. The summed E-state index contributed by atoms with van der Waals surface area (Å²) in [6, 6.07) is 0. The second-order valence-electron chi connectivity index (χ2n) is 4.70. The third kappa shape index (κ3) is 11.7. The van der Waals surface area contributed by atoms with E-state index in [-0.39, 0.29) is 0 Å². The standard InChI is InChI=1S/C13H31N5/c1-2-3-4-5-6-7-8-9-10-11-12-16-13(17-14)18-15/h2-12,14-15H2,1H3,(H2,16,17,18). The van der Waals surface area contributed by atoms with Gasteiger partial charge in [0.2, 0.25) is 5.96 Å². The van der Waals surface area contributed by atoms with E-state index in [1.807, 2.05) is 0 Å². The first kappa shape index (κ1) is 17.2. The van der Waals surface area contributed by atoms with Gasteiger partial charge in [-0.1, -0.05) is 64.7 Å². The Labute approximate surface area is 112 Å². The lowest BCUT2D eigenvalue weighted by Gasteiger charge is -2.04. The Morgan fingerprint density at radius 2 is 1.22 bits per heavy atom. The molecule has 0 aromatic rings. The molecule has 0 rings (SSSR count). The molecular weight excluding hydrogens is 226 g/mol. The van der Waals surface area contributed by atoms with Crippen molar-refractivity contribution < 1.29 is 0 Å². The van der Waals surface area contributed by atoms with Gasteiger partial charge in [0.05, 0.1) is 0 Å². The number of unbranched alkanes of at least 4 members (excludes halogenated alkanes) is 9. The number of nitrogens with zero attached hydrogens (tertiary/aromatic N) is 1. The van der Waals surface area contributed by atoms with Gasteiger partial charge in [0.15, 0.2) is 0 Å². The molecule has 5 nitrogen and oxygen atoms in total. The molecule has 0 aliphatic heterocycles. The number of guanidine groups is 1. The zero-order valence-corrected chi connectivity index (χ0v) is 11.9. The highest BCUT2D eigenvalue weighted by atomic mass is 15.4. The molecule has 0 aliphatic carbocycles. The van der Waals surface area contributed by atoms with Crippen LogP contribution in [0.2, 0.25) is 0 Å². The SMILES string of the molecule is CCCCCCCCCCCCN=C(NN)NN. The van der Waals surface area contributed by atoms with Gasteiger partial charge in [-0.3, -0.25) is 15.8 Å². The number of hydrogen-bond donors (Lipinski definition) is 4. The normalized spacial score (nSPS) is 10.2. The van der Waals surface area contributed by atoms with Crippen LogP contribution in [0.15, 0.2) is 4.99 Å². The molecule has 0 spiro atoms. The van der Waals surface area contributed by atoms with Gasteiger partial charge in [0.1, 0.15) is 0 Å². The molecule has 5 heteroatoms. The molecule has 0 amide bonds. The zero-order chi connectivity index (χ0) is 13.5. The second-order valence-corrected chi connectivity index (χ2v) is 4.70. The molecule has 0 bridgehead atoms. The van der Waals surface area contributed by atoms with Gasteiger partial charge in [0, 0.05) is 6.54 Å². The van der Waals surface area contributed by atoms with E-state index in [2.05, 4.69) is 22.8 Å². The average Bonchev–Trinajstić information content (AvgIpc) is 2.40. The van der Waals surface area contributed by atoms with Crippen molar-refractivity contribution in [1.82, 2.24) is 10.9 Å². The van der Waals surface area contributed by atoms with Crippen LogP contribution < -0.4 is 22.5 Å². The van der Waals surface area contributed by atoms with Crippen LogP contribution in [0.25, 0.3) is 0 Å². The molecule has 0 fully saturated rings. The average molecular weight is 257 g/mol. The number of nitrogens with one attached hydrogen (secondary N) is 2. The lowest BCUT2D eigenvalue weighted by atomic mass is 10.1. The molecule has 18 heavy (non-hydrogen) atoms. The Hall–Kier alpha value is -0.810. The lowest BCUT2D eigenvalue weighted by Crippen LogP contribution is -2.45. The summed E-state index contributed by atoms with van der Waals surface area (Å²) in [5.41, 5.74) is 4.80. The van der Waals surface area contributed by atoms with Gasteiger partial charge in [-0.05, 0) is 6.42 Å². The van der Waals surface area contributed by atoms with E-state index in [9.17, 15) is 0 Å². The van der Waals surface area contributed by atoms with Crippen LogP contribution in [-0.2, 0) is 0 Å². The Morgan fingerprint density at radius 1 is 0.778 bits per heavy atom. The van der Waals surface area contributed by atoms with Crippen LogP contribution in [0.1, 0.15) is 71.1 Å². The molecule has 0 aromatic heterocycles. The van der Waals surface area contributed by atoms with Crippen LogP contribution in [0.4, 0.5) is 0 Å². The van der Waals surface area contributed by atoms with Crippen molar-refractivity contribution in [3.8, 4) is 0 Å². The minimum absolute atomic E-state index is 0.450. The quantitative estimate of drug-likeness (QED) is 0.150. The van der Waals surface area contributed by atoms with Crippen molar-refractivity contribution in [3.63, 3.8) is 0 Å². The molecule has 0 heterocycles. The van der Waals surface area contributed by atoms with E-state index in [0.29, 0.717) is 5.96 Å². The molecule has 0 aromatic carbocycles. The van der Waals surface area contributed by atoms with Gasteiger partial charge in [-0.2, -0.15) is 0 Å². The van der Waals surface area contributed by atoms with Gasteiger partial charge < -0.3 is 0 Å². The van der Waals surface area contributed by atoms with E-state index in [1.165, 1.54) is 57.8 Å². The van der Waals surface area contributed by atoms with E-state index >= 15 is 0 Å². The fourth-order valence-electron chi connectivity index (χ4n) is 1.92. The van der Waals surface area contributed by atoms with Crippen molar-refractivity contribution in [2.75, 3.05) is 6.54 Å². The van der Waals surface area contributed by atoms with Crippen LogP contribution in [0.3, 0.4) is 0 Å². The maximum Gasteiger partial charge on any atom is 0.220 e. The minimum atomic E-state index is 0.450. The van der Waals surface area contributed by atoms with Crippen LogP contribution >= 0.6 is 0 Å². The van der Waals surface area contributed by atoms with Gasteiger partial charge in [-0.25, -0.2) is 11.7 Å². The second kappa shape index (κ2) is 14.3. The van der Waals surface area contributed by atoms with Gasteiger partial charge in [-0.15, -0.1) is 0 Å². The number of aliphatic imine (C=N–C) groups is 1. The van der Waals surface area contributed by atoms with Crippen molar-refractivity contribution in [1.29, 1.82) is 0 Å². The molecule has 6 N–H and O–H groups in total. The summed E-state index contributed by atoms with van der Waals surface area (Å²) in [5, 5.41) is 0. The summed E-state index contributed by atoms with van der Waals surface area (Å²) in [6.07, 6.45) is 13.3. The smallest absolute Gasteiger partial charge is 0.220 e. The van der Waals surface area contributed by atoms with Crippen LogP contribution in [0, 0.1) is 0 Å². The maximum absolute atomic E-state index is 5.19. The predicted molar refractivity (Wildman–Crippen MR) is 78.8 cm³/mol. The first-order chi connectivity index (χ1) is 8.85. The molecule has 0 atom stereocenters. The predicted octanol–water partition coefficient (Wildman–Crippen LogP) is 2.19. The molecule has 0 aliphatic rings. The number of hydrogen-bond acceptors (Lipinski definition) is 3. The number of nitrogens with two attached hydrogens (primary N) is 2. The molecular formula is C13H31N5. The summed E-state index contributed by atoms with van der Waals surface area (Å²) in [7, 11) is 0. The zero-order valence-electron chi connectivity index (χ0n) is 11.9. The van der Waals surface area contributed by atoms with Gasteiger partial charge in [0.25, 0.3) is 0 Å². The Balaban J connectivity index is 3.14. The van der Waals surface area contributed by atoms with Crippen molar-refractivity contribution in [2.45, 2.75) is 71.1 Å². The van der Waals surface area contributed by atoms with Gasteiger partial charge >= 0.3 is 0 Å². The maximum atomic E-state index is 5.19. The first-order valence-electron chi connectivity index (χ1n) is 7.32. The summed E-state index contributed by atoms with van der Waals surface area (Å²) in [4.78, 5) is 4.17. The Morgan fingerprint density at radius 3 is 1.67 bits per heavy atom. The van der Waals surface area contributed by atoms with E-state index in [0.717, 1.165) is 13.0 Å². The summed E-state index contributed by atoms with van der Waals surface area (Å²) in [6.45, 7) is 3.04. The van der Waals surface area contributed by atoms with E-state index < -0.39 is 0 Å². The summed E-state index contributed by atoms with van der Waals surface area (Å²) >= 11 is 0. The lowest BCUT2D eigenvalue weighted by molar-refractivity contribution is 0.558. The highest BCUT2D eigenvalue weighted by Crippen LogP contribution is 2.10.